The number of aromatic nitrogens is 2. The van der Waals surface area contributed by atoms with Crippen LogP contribution in [-0.4, -0.2) is 9.97 Å². The minimum atomic E-state index is 1.75. The molecule has 3 aromatic rings. The minimum Gasteiger partial charge on any atom is -0.265 e. The standard InChI is InChI=1S/C6H6.2C5H5N.3C2H6/c3*1-2-4-6-5-3-1;3*1-2/h1-6H;2*1-5H;3*1-2H3. The molecule has 2 nitrogen and oxygen atoms in total. The maximum Gasteiger partial charge on any atom is 0.0267 e. The van der Waals surface area contributed by atoms with Gasteiger partial charge in [-0.15, -0.1) is 0 Å². The molecule has 1 aromatic carbocycles. The van der Waals surface area contributed by atoms with Gasteiger partial charge < -0.3 is 0 Å². The van der Waals surface area contributed by atoms with Crippen LogP contribution < -0.4 is 0 Å². The molecule has 0 saturated heterocycles. The average molecular weight is 327 g/mol. The number of pyridine rings is 2. The number of rotatable bonds is 0. The van der Waals surface area contributed by atoms with Gasteiger partial charge in [0.05, 0.1) is 0 Å². The second-order valence-electron chi connectivity index (χ2n) is 3.20. The van der Waals surface area contributed by atoms with E-state index in [4.69, 9.17) is 0 Å². The van der Waals surface area contributed by atoms with E-state index in [2.05, 4.69) is 9.97 Å². The van der Waals surface area contributed by atoms with Crippen molar-refractivity contribution in [2.45, 2.75) is 41.5 Å². The quantitative estimate of drug-likeness (QED) is 0.447. The molecule has 0 N–H and O–H groups in total. The molecule has 0 radical (unpaired) electrons. The van der Waals surface area contributed by atoms with Crippen molar-refractivity contribution in [3.63, 3.8) is 0 Å². The highest BCUT2D eigenvalue weighted by Crippen LogP contribution is 1.80. The first-order chi connectivity index (χ1) is 12.0. The van der Waals surface area contributed by atoms with Gasteiger partial charge in [0.25, 0.3) is 0 Å². The normalized spacial score (nSPS) is 6.75. The van der Waals surface area contributed by atoms with Crippen LogP contribution in [0.5, 0.6) is 0 Å². The molecule has 0 aliphatic heterocycles. The predicted molar refractivity (Wildman–Crippen MR) is 109 cm³/mol. The Bertz CT molecular complexity index is 301. The third kappa shape index (κ3) is 27.8. The van der Waals surface area contributed by atoms with Crippen molar-refractivity contribution in [3.8, 4) is 0 Å². The van der Waals surface area contributed by atoms with Gasteiger partial charge in [-0.2, -0.15) is 0 Å². The molecule has 0 aliphatic carbocycles. The van der Waals surface area contributed by atoms with Gasteiger partial charge in [0, 0.05) is 24.8 Å². The maximum atomic E-state index is 3.78. The van der Waals surface area contributed by atoms with Crippen LogP contribution in [0.2, 0.25) is 0 Å². The highest BCUT2D eigenvalue weighted by molar-refractivity contribution is 4.99. The zero-order valence-electron chi connectivity index (χ0n) is 16.1. The first-order valence-electron chi connectivity index (χ1n) is 8.70. The van der Waals surface area contributed by atoms with Gasteiger partial charge in [0.2, 0.25) is 0 Å². The zero-order valence-corrected chi connectivity index (χ0v) is 16.1. The Balaban J connectivity index is -0.000000239. The molecule has 0 fully saturated rings. The fraction of sp³-hybridized carbons (Fsp3) is 0.273. The highest BCUT2D eigenvalue weighted by Gasteiger charge is 1.59. The molecule has 0 saturated carbocycles. The molecule has 2 aromatic heterocycles. The Morgan fingerprint density at radius 1 is 0.292 bits per heavy atom. The van der Waals surface area contributed by atoms with E-state index in [-0.39, 0.29) is 0 Å². The van der Waals surface area contributed by atoms with Crippen molar-refractivity contribution >= 4 is 0 Å². The lowest BCUT2D eigenvalue weighted by atomic mass is 10.4. The molecule has 132 valence electrons. The summed E-state index contributed by atoms with van der Waals surface area (Å²) in [4.78, 5) is 7.57. The van der Waals surface area contributed by atoms with Crippen LogP contribution >= 0.6 is 0 Å². The van der Waals surface area contributed by atoms with Gasteiger partial charge in [-0.05, 0) is 24.3 Å². The van der Waals surface area contributed by atoms with Crippen molar-refractivity contribution in [3.05, 3.63) is 97.6 Å². The second kappa shape index (κ2) is 32.5. The molecule has 0 aliphatic rings. The lowest BCUT2D eigenvalue weighted by Crippen LogP contribution is -1.58. The first-order valence-corrected chi connectivity index (χ1v) is 8.70. The van der Waals surface area contributed by atoms with Crippen molar-refractivity contribution in [1.82, 2.24) is 9.97 Å². The van der Waals surface area contributed by atoms with Crippen molar-refractivity contribution in [2.75, 3.05) is 0 Å². The molecule has 0 amide bonds. The smallest absolute Gasteiger partial charge is 0.0267 e. The van der Waals surface area contributed by atoms with Crippen molar-refractivity contribution in [2.24, 2.45) is 0 Å². The molecule has 0 atom stereocenters. The maximum absolute atomic E-state index is 3.78. The van der Waals surface area contributed by atoms with Crippen molar-refractivity contribution in [1.29, 1.82) is 0 Å². The summed E-state index contributed by atoms with van der Waals surface area (Å²) in [7, 11) is 0. The summed E-state index contributed by atoms with van der Waals surface area (Å²) in [6.07, 6.45) is 7.00. The van der Waals surface area contributed by atoms with Gasteiger partial charge >= 0.3 is 0 Å². The summed E-state index contributed by atoms with van der Waals surface area (Å²) in [6, 6.07) is 23.4. The van der Waals surface area contributed by atoms with Gasteiger partial charge in [-0.3, -0.25) is 9.97 Å². The number of benzene rings is 1. The van der Waals surface area contributed by atoms with E-state index in [1.807, 2.05) is 114 Å². The largest absolute Gasteiger partial charge is 0.265 e. The number of hydrogen-bond acceptors (Lipinski definition) is 2. The molecular formula is C22H34N2. The summed E-state index contributed by atoms with van der Waals surface area (Å²) < 4.78 is 0. The molecule has 0 unspecified atom stereocenters. The third-order valence-corrected chi connectivity index (χ3v) is 1.80. The summed E-state index contributed by atoms with van der Waals surface area (Å²) in [5, 5.41) is 0. The van der Waals surface area contributed by atoms with E-state index >= 15 is 0 Å². The fourth-order valence-electron chi connectivity index (χ4n) is 1.01. The summed E-state index contributed by atoms with van der Waals surface area (Å²) in [5.74, 6) is 0. The molecule has 0 spiro atoms. The van der Waals surface area contributed by atoms with E-state index in [0.717, 1.165) is 0 Å². The second-order valence-corrected chi connectivity index (χ2v) is 3.20. The summed E-state index contributed by atoms with van der Waals surface area (Å²) >= 11 is 0. The number of nitrogens with zero attached hydrogens (tertiary/aromatic N) is 2. The van der Waals surface area contributed by atoms with Gasteiger partial charge in [-0.25, -0.2) is 0 Å². The number of hydrogen-bond donors (Lipinski definition) is 0. The lowest BCUT2D eigenvalue weighted by molar-refractivity contribution is 1.33. The van der Waals surface area contributed by atoms with E-state index in [0.29, 0.717) is 0 Å². The van der Waals surface area contributed by atoms with Gasteiger partial charge in [0.1, 0.15) is 0 Å². The molecule has 0 bridgehead atoms. The predicted octanol–water partition coefficient (Wildman–Crippen LogP) is 6.93. The van der Waals surface area contributed by atoms with E-state index in [1.165, 1.54) is 0 Å². The van der Waals surface area contributed by atoms with Crippen LogP contribution in [0.1, 0.15) is 41.5 Å². The molecule has 24 heavy (non-hydrogen) atoms. The van der Waals surface area contributed by atoms with Crippen molar-refractivity contribution < 1.29 is 0 Å². The van der Waals surface area contributed by atoms with Crippen LogP contribution in [0.3, 0.4) is 0 Å². The molecular weight excluding hydrogens is 292 g/mol. The average Bonchev–Trinajstić information content (AvgIpc) is 2.77. The minimum absolute atomic E-state index is 1.75. The monoisotopic (exact) mass is 326 g/mol. The Hall–Kier alpha value is -2.48. The lowest BCUT2D eigenvalue weighted by Gasteiger charge is -1.70. The Morgan fingerprint density at radius 2 is 0.458 bits per heavy atom. The molecule has 2 heteroatoms. The van der Waals surface area contributed by atoms with Crippen LogP contribution in [0.15, 0.2) is 97.6 Å². The first kappa shape index (κ1) is 26.4. The molecule has 2 heterocycles. The van der Waals surface area contributed by atoms with Gasteiger partial charge in [-0.1, -0.05) is 90.1 Å². The zero-order chi connectivity index (χ0) is 18.7. The molecule has 3 rings (SSSR count). The van der Waals surface area contributed by atoms with Gasteiger partial charge in [0.15, 0.2) is 0 Å². The SMILES string of the molecule is CC.CC.CC.c1ccccc1.c1ccncc1.c1ccncc1. The van der Waals surface area contributed by atoms with Crippen LogP contribution in [-0.2, 0) is 0 Å². The van der Waals surface area contributed by atoms with Crippen LogP contribution in [0.25, 0.3) is 0 Å². The van der Waals surface area contributed by atoms with Crippen LogP contribution in [0.4, 0.5) is 0 Å². The Kier molecular flexibility index (Phi) is 35.7. The summed E-state index contributed by atoms with van der Waals surface area (Å²) in [6.45, 7) is 12.0. The fourth-order valence-corrected chi connectivity index (χ4v) is 1.01. The van der Waals surface area contributed by atoms with E-state index in [1.54, 1.807) is 24.8 Å². The Morgan fingerprint density at radius 3 is 0.542 bits per heavy atom. The summed E-state index contributed by atoms with van der Waals surface area (Å²) in [5.41, 5.74) is 0. The third-order valence-electron chi connectivity index (χ3n) is 1.80. The van der Waals surface area contributed by atoms with E-state index in [9.17, 15) is 0 Å². The van der Waals surface area contributed by atoms with E-state index < -0.39 is 0 Å². The Labute approximate surface area is 149 Å². The van der Waals surface area contributed by atoms with Crippen LogP contribution in [0, 0.1) is 0 Å². The highest BCUT2D eigenvalue weighted by atomic mass is 14.6. The topological polar surface area (TPSA) is 25.8 Å².